The van der Waals surface area contributed by atoms with Crippen LogP contribution >= 0.6 is 0 Å². The molecule has 0 saturated carbocycles. The minimum absolute atomic E-state index is 0.0292. The van der Waals surface area contributed by atoms with E-state index in [1.807, 2.05) is 11.8 Å². The summed E-state index contributed by atoms with van der Waals surface area (Å²) in [5, 5.41) is 5.77. The van der Waals surface area contributed by atoms with Gasteiger partial charge >= 0.3 is 6.03 Å². The predicted octanol–water partition coefficient (Wildman–Crippen LogP) is 2.01. The van der Waals surface area contributed by atoms with Crippen LogP contribution in [0.15, 0.2) is 24.3 Å². The molecule has 1 aliphatic rings. The number of carbonyl (C=O) groups excluding carboxylic acids is 2. The molecule has 1 fully saturated rings. The molecular formula is C17H25N3O3. The van der Waals surface area contributed by atoms with Crippen molar-refractivity contribution in [3.05, 3.63) is 29.8 Å². The van der Waals surface area contributed by atoms with Crippen LogP contribution in [0, 0.1) is 0 Å². The second kappa shape index (κ2) is 8.41. The fraction of sp³-hybridized carbons (Fsp3) is 0.529. The Hall–Kier alpha value is -2.24. The molecule has 1 aromatic carbocycles. The number of piperidine rings is 1. The number of benzene rings is 1. The van der Waals surface area contributed by atoms with Gasteiger partial charge < -0.3 is 20.3 Å². The van der Waals surface area contributed by atoms with Crippen LogP contribution in [-0.2, 0) is 0 Å². The van der Waals surface area contributed by atoms with Gasteiger partial charge in [-0.3, -0.25) is 4.79 Å². The topological polar surface area (TPSA) is 70.7 Å². The van der Waals surface area contributed by atoms with Gasteiger partial charge in [-0.05, 0) is 43.5 Å². The molecule has 0 aromatic heterocycles. The molecule has 0 atom stereocenters. The largest absolute Gasteiger partial charge is 0.497 e. The molecule has 2 N–H and O–H groups in total. The standard InChI is InChI=1S/C17H25N3O3/c1-3-10-18-17(22)19-14-8-11-20(12-9-14)16(21)13-4-6-15(23-2)7-5-13/h4-7,14H,3,8-12H2,1-2H3,(H2,18,19,22). The van der Waals surface area contributed by atoms with Crippen molar-refractivity contribution in [3.63, 3.8) is 0 Å². The second-order valence-corrected chi connectivity index (χ2v) is 5.70. The Bertz CT molecular complexity index is 522. The average molecular weight is 319 g/mol. The lowest BCUT2D eigenvalue weighted by Gasteiger charge is -2.32. The Kier molecular flexibility index (Phi) is 6.26. The van der Waals surface area contributed by atoms with Gasteiger partial charge in [0, 0.05) is 31.2 Å². The van der Waals surface area contributed by atoms with Crippen molar-refractivity contribution in [3.8, 4) is 5.75 Å². The van der Waals surface area contributed by atoms with Crippen molar-refractivity contribution in [2.75, 3.05) is 26.7 Å². The summed E-state index contributed by atoms with van der Waals surface area (Å²) in [5.74, 6) is 0.768. The summed E-state index contributed by atoms with van der Waals surface area (Å²) in [6, 6.07) is 7.16. The number of amides is 3. The molecule has 1 heterocycles. The minimum atomic E-state index is -0.119. The molecule has 6 nitrogen and oxygen atoms in total. The molecule has 0 aliphatic carbocycles. The monoisotopic (exact) mass is 319 g/mol. The third kappa shape index (κ3) is 4.87. The number of nitrogens with one attached hydrogen (secondary N) is 2. The number of ether oxygens (including phenoxy) is 1. The lowest BCUT2D eigenvalue weighted by Crippen LogP contribution is -2.49. The normalized spacial score (nSPS) is 15.1. The van der Waals surface area contributed by atoms with Gasteiger partial charge in [-0.25, -0.2) is 4.79 Å². The van der Waals surface area contributed by atoms with E-state index < -0.39 is 0 Å². The quantitative estimate of drug-likeness (QED) is 0.872. The number of hydrogen-bond donors (Lipinski definition) is 2. The van der Waals surface area contributed by atoms with Crippen LogP contribution in [-0.4, -0.2) is 49.6 Å². The van der Waals surface area contributed by atoms with Crippen molar-refractivity contribution >= 4 is 11.9 Å². The van der Waals surface area contributed by atoms with Gasteiger partial charge in [0.15, 0.2) is 0 Å². The van der Waals surface area contributed by atoms with E-state index in [0.29, 0.717) is 25.2 Å². The van der Waals surface area contributed by atoms with Crippen molar-refractivity contribution in [1.82, 2.24) is 15.5 Å². The Morgan fingerprint density at radius 1 is 1.22 bits per heavy atom. The molecule has 0 bridgehead atoms. The van der Waals surface area contributed by atoms with Crippen LogP contribution in [0.25, 0.3) is 0 Å². The third-order valence-corrected chi connectivity index (χ3v) is 3.99. The zero-order valence-electron chi connectivity index (χ0n) is 13.8. The molecule has 0 radical (unpaired) electrons. The Morgan fingerprint density at radius 3 is 2.43 bits per heavy atom. The van der Waals surface area contributed by atoms with E-state index in [1.54, 1.807) is 31.4 Å². The van der Waals surface area contributed by atoms with Crippen molar-refractivity contribution in [2.45, 2.75) is 32.2 Å². The first-order valence-electron chi connectivity index (χ1n) is 8.11. The van der Waals surface area contributed by atoms with Crippen LogP contribution < -0.4 is 15.4 Å². The third-order valence-electron chi connectivity index (χ3n) is 3.99. The summed E-state index contributed by atoms with van der Waals surface area (Å²) in [4.78, 5) is 25.9. The van der Waals surface area contributed by atoms with Gasteiger partial charge in [0.2, 0.25) is 0 Å². The van der Waals surface area contributed by atoms with E-state index in [-0.39, 0.29) is 18.0 Å². The summed E-state index contributed by atoms with van der Waals surface area (Å²) in [6.07, 6.45) is 2.48. The van der Waals surface area contributed by atoms with E-state index >= 15 is 0 Å². The maximum atomic E-state index is 12.5. The molecule has 2 rings (SSSR count). The predicted molar refractivity (Wildman–Crippen MR) is 88.7 cm³/mol. The highest BCUT2D eigenvalue weighted by atomic mass is 16.5. The summed E-state index contributed by atoms with van der Waals surface area (Å²) in [7, 11) is 1.60. The van der Waals surface area contributed by atoms with Crippen LogP contribution in [0.4, 0.5) is 4.79 Å². The number of nitrogens with zero attached hydrogens (tertiary/aromatic N) is 1. The first kappa shape index (κ1) is 17.1. The highest BCUT2D eigenvalue weighted by Gasteiger charge is 2.24. The fourth-order valence-electron chi connectivity index (χ4n) is 2.62. The zero-order chi connectivity index (χ0) is 16.7. The van der Waals surface area contributed by atoms with Crippen LogP contribution in [0.1, 0.15) is 36.5 Å². The molecule has 6 heteroatoms. The smallest absolute Gasteiger partial charge is 0.315 e. The van der Waals surface area contributed by atoms with Crippen molar-refractivity contribution in [2.24, 2.45) is 0 Å². The first-order chi connectivity index (χ1) is 11.1. The van der Waals surface area contributed by atoms with Crippen LogP contribution in [0.3, 0.4) is 0 Å². The number of rotatable bonds is 5. The molecular weight excluding hydrogens is 294 g/mol. The van der Waals surface area contributed by atoms with Gasteiger partial charge in [0.05, 0.1) is 7.11 Å². The SMILES string of the molecule is CCCNC(=O)NC1CCN(C(=O)c2ccc(OC)cc2)CC1. The van der Waals surface area contributed by atoms with E-state index in [1.165, 1.54) is 0 Å². The Balaban J connectivity index is 1.81. The Morgan fingerprint density at radius 2 is 1.87 bits per heavy atom. The van der Waals surface area contributed by atoms with Crippen molar-refractivity contribution < 1.29 is 14.3 Å². The van der Waals surface area contributed by atoms with Gasteiger partial charge in [-0.1, -0.05) is 6.92 Å². The lowest BCUT2D eigenvalue weighted by molar-refractivity contribution is 0.0708. The van der Waals surface area contributed by atoms with E-state index in [4.69, 9.17) is 4.74 Å². The van der Waals surface area contributed by atoms with E-state index in [0.717, 1.165) is 25.0 Å². The molecule has 3 amide bonds. The van der Waals surface area contributed by atoms with Gasteiger partial charge in [-0.2, -0.15) is 0 Å². The molecule has 23 heavy (non-hydrogen) atoms. The molecule has 0 unspecified atom stereocenters. The maximum Gasteiger partial charge on any atom is 0.315 e. The molecule has 1 aromatic rings. The Labute approximate surface area is 137 Å². The highest BCUT2D eigenvalue weighted by molar-refractivity contribution is 5.94. The minimum Gasteiger partial charge on any atom is -0.497 e. The molecule has 1 saturated heterocycles. The van der Waals surface area contributed by atoms with Crippen LogP contribution in [0.5, 0.6) is 5.75 Å². The first-order valence-corrected chi connectivity index (χ1v) is 8.11. The van der Waals surface area contributed by atoms with E-state index in [9.17, 15) is 9.59 Å². The number of methoxy groups -OCH3 is 1. The number of hydrogen-bond acceptors (Lipinski definition) is 3. The fourth-order valence-corrected chi connectivity index (χ4v) is 2.62. The molecule has 126 valence electrons. The summed E-state index contributed by atoms with van der Waals surface area (Å²) in [6.45, 7) is 4.01. The van der Waals surface area contributed by atoms with Crippen molar-refractivity contribution in [1.29, 1.82) is 0 Å². The van der Waals surface area contributed by atoms with Gasteiger partial charge in [0.25, 0.3) is 5.91 Å². The molecule has 1 aliphatic heterocycles. The number of carbonyl (C=O) groups is 2. The average Bonchev–Trinajstić information content (AvgIpc) is 2.60. The summed E-state index contributed by atoms with van der Waals surface area (Å²) < 4.78 is 5.10. The highest BCUT2D eigenvalue weighted by Crippen LogP contribution is 2.16. The van der Waals surface area contributed by atoms with Gasteiger partial charge in [0.1, 0.15) is 5.75 Å². The number of urea groups is 1. The number of likely N-dealkylation sites (tertiary alicyclic amines) is 1. The zero-order valence-corrected chi connectivity index (χ0v) is 13.8. The van der Waals surface area contributed by atoms with E-state index in [2.05, 4.69) is 10.6 Å². The lowest BCUT2D eigenvalue weighted by atomic mass is 10.0. The van der Waals surface area contributed by atoms with Crippen LogP contribution in [0.2, 0.25) is 0 Å². The molecule has 0 spiro atoms. The van der Waals surface area contributed by atoms with Gasteiger partial charge in [-0.15, -0.1) is 0 Å². The maximum absolute atomic E-state index is 12.5. The second-order valence-electron chi connectivity index (χ2n) is 5.70. The summed E-state index contributed by atoms with van der Waals surface area (Å²) in [5.41, 5.74) is 0.665. The summed E-state index contributed by atoms with van der Waals surface area (Å²) >= 11 is 0.